The summed E-state index contributed by atoms with van der Waals surface area (Å²) in [6.45, 7) is 0. The number of rotatable bonds is 4. The summed E-state index contributed by atoms with van der Waals surface area (Å²) in [6.07, 6.45) is -2.88. The second-order valence-corrected chi connectivity index (χ2v) is 4.58. The van der Waals surface area contributed by atoms with Crippen LogP contribution in [0.3, 0.4) is 0 Å². The number of carbonyl (C=O) groups excluding carboxylic acids is 1. The van der Waals surface area contributed by atoms with E-state index >= 15 is 0 Å². The van der Waals surface area contributed by atoms with E-state index in [9.17, 15) is 18.0 Å². The van der Waals surface area contributed by atoms with Crippen LogP contribution in [-0.2, 0) is 17.4 Å². The van der Waals surface area contributed by atoms with Gasteiger partial charge in [0.2, 0.25) is 5.91 Å². The molecule has 0 aliphatic rings. The first kappa shape index (κ1) is 15.8. The van der Waals surface area contributed by atoms with Crippen LogP contribution in [-0.4, -0.2) is 12.1 Å². The lowest BCUT2D eigenvalue weighted by molar-refractivity contribution is -0.137. The van der Waals surface area contributed by atoms with E-state index in [-0.39, 0.29) is 12.3 Å². The molecule has 22 heavy (non-hydrogen) atoms. The van der Waals surface area contributed by atoms with Gasteiger partial charge >= 0.3 is 6.18 Å². The Balaban J connectivity index is 1.88. The Morgan fingerprint density at radius 2 is 1.68 bits per heavy atom. The molecule has 2 aromatic carbocycles. The van der Waals surface area contributed by atoms with E-state index < -0.39 is 11.7 Å². The molecular weight excluding hydrogens is 293 g/mol. The summed E-state index contributed by atoms with van der Waals surface area (Å²) in [7, 11) is 0. The monoisotopic (exact) mass is 306 g/mol. The average Bonchev–Trinajstić information content (AvgIpc) is 2.48. The van der Waals surface area contributed by atoms with Gasteiger partial charge in [0.05, 0.1) is 18.2 Å². The van der Waals surface area contributed by atoms with Gasteiger partial charge in [-0.3, -0.25) is 4.79 Å². The number of nitrogens with zero attached hydrogens (tertiary/aromatic N) is 1. The molecule has 1 amide bonds. The van der Waals surface area contributed by atoms with Crippen LogP contribution in [0, 0.1) is 0 Å². The van der Waals surface area contributed by atoms with Gasteiger partial charge in [0.1, 0.15) is 0 Å². The van der Waals surface area contributed by atoms with Crippen LogP contribution in [0.5, 0.6) is 0 Å². The summed E-state index contributed by atoms with van der Waals surface area (Å²) in [6, 6.07) is 13.6. The van der Waals surface area contributed by atoms with Crippen molar-refractivity contribution in [3.63, 3.8) is 0 Å². The predicted molar refractivity (Wildman–Crippen MR) is 77.3 cm³/mol. The number of hydrazone groups is 1. The average molecular weight is 306 g/mol. The van der Waals surface area contributed by atoms with E-state index in [2.05, 4.69) is 10.5 Å². The zero-order valence-electron chi connectivity index (χ0n) is 11.5. The first-order chi connectivity index (χ1) is 10.4. The minimum atomic E-state index is -4.36. The van der Waals surface area contributed by atoms with Crippen molar-refractivity contribution in [2.75, 3.05) is 0 Å². The van der Waals surface area contributed by atoms with Crippen LogP contribution in [0.1, 0.15) is 16.7 Å². The SMILES string of the molecule is O=C(Cc1ccccc1)N/N=C\c1ccc(C(F)(F)F)cc1. The molecule has 0 aliphatic heterocycles. The van der Waals surface area contributed by atoms with Crippen molar-refractivity contribution < 1.29 is 18.0 Å². The molecule has 114 valence electrons. The normalized spacial score (nSPS) is 11.6. The van der Waals surface area contributed by atoms with E-state index in [1.165, 1.54) is 18.3 Å². The van der Waals surface area contributed by atoms with Gasteiger partial charge in [-0.1, -0.05) is 42.5 Å². The summed E-state index contributed by atoms with van der Waals surface area (Å²) < 4.78 is 37.2. The highest BCUT2D eigenvalue weighted by molar-refractivity contribution is 5.83. The van der Waals surface area contributed by atoms with Gasteiger partial charge in [-0.05, 0) is 23.3 Å². The number of carbonyl (C=O) groups is 1. The molecule has 0 unspecified atom stereocenters. The molecular formula is C16H13F3N2O. The quantitative estimate of drug-likeness (QED) is 0.682. The number of amides is 1. The van der Waals surface area contributed by atoms with Gasteiger partial charge in [-0.25, -0.2) is 5.43 Å². The fourth-order valence-electron chi connectivity index (χ4n) is 1.76. The van der Waals surface area contributed by atoms with Crippen LogP contribution in [0.2, 0.25) is 0 Å². The van der Waals surface area contributed by atoms with E-state index in [4.69, 9.17) is 0 Å². The summed E-state index contributed by atoms with van der Waals surface area (Å²) in [5, 5.41) is 3.72. The molecule has 0 heterocycles. The van der Waals surface area contributed by atoms with Crippen molar-refractivity contribution in [1.82, 2.24) is 5.43 Å². The Bertz CT molecular complexity index is 649. The van der Waals surface area contributed by atoms with E-state index in [1.54, 1.807) is 0 Å². The molecule has 2 rings (SSSR count). The lowest BCUT2D eigenvalue weighted by Crippen LogP contribution is -2.19. The molecule has 1 N–H and O–H groups in total. The smallest absolute Gasteiger partial charge is 0.273 e. The summed E-state index contributed by atoms with van der Waals surface area (Å²) in [5.74, 6) is -0.297. The molecule has 0 bridgehead atoms. The van der Waals surface area contributed by atoms with Gasteiger partial charge in [0.15, 0.2) is 0 Å². The Labute approximate surface area is 125 Å². The van der Waals surface area contributed by atoms with Crippen LogP contribution in [0.15, 0.2) is 59.7 Å². The fourth-order valence-corrected chi connectivity index (χ4v) is 1.76. The van der Waals surface area contributed by atoms with E-state index in [1.807, 2.05) is 30.3 Å². The first-order valence-corrected chi connectivity index (χ1v) is 6.48. The third kappa shape index (κ3) is 4.73. The second-order valence-electron chi connectivity index (χ2n) is 4.58. The Kier molecular flexibility index (Phi) is 4.93. The van der Waals surface area contributed by atoms with Gasteiger partial charge in [-0.15, -0.1) is 0 Å². The lowest BCUT2D eigenvalue weighted by atomic mass is 10.1. The molecule has 0 saturated heterocycles. The second kappa shape index (κ2) is 6.89. The highest BCUT2D eigenvalue weighted by atomic mass is 19.4. The van der Waals surface area contributed by atoms with Crippen molar-refractivity contribution in [2.24, 2.45) is 5.10 Å². The maximum atomic E-state index is 12.4. The first-order valence-electron chi connectivity index (χ1n) is 6.48. The molecule has 0 radical (unpaired) electrons. The summed E-state index contributed by atoms with van der Waals surface area (Å²) in [4.78, 5) is 11.6. The number of alkyl halides is 3. The maximum Gasteiger partial charge on any atom is 0.416 e. The van der Waals surface area contributed by atoms with Crippen LogP contribution < -0.4 is 5.43 Å². The van der Waals surface area contributed by atoms with Crippen molar-refractivity contribution in [3.05, 3.63) is 71.3 Å². The number of benzene rings is 2. The minimum absolute atomic E-state index is 0.186. The molecule has 0 aliphatic carbocycles. The Morgan fingerprint density at radius 1 is 1.05 bits per heavy atom. The van der Waals surface area contributed by atoms with Crippen LogP contribution in [0.25, 0.3) is 0 Å². The Morgan fingerprint density at radius 3 is 2.27 bits per heavy atom. The topological polar surface area (TPSA) is 41.5 Å². The van der Waals surface area contributed by atoms with Crippen LogP contribution >= 0.6 is 0 Å². The number of hydrogen-bond donors (Lipinski definition) is 1. The van der Waals surface area contributed by atoms with Gasteiger partial charge in [0.25, 0.3) is 0 Å². The third-order valence-corrected chi connectivity index (χ3v) is 2.85. The Hall–Kier alpha value is -2.63. The van der Waals surface area contributed by atoms with Gasteiger partial charge < -0.3 is 0 Å². The molecule has 6 heteroatoms. The van der Waals surface area contributed by atoms with Crippen molar-refractivity contribution in [1.29, 1.82) is 0 Å². The van der Waals surface area contributed by atoms with Crippen molar-refractivity contribution in [2.45, 2.75) is 12.6 Å². The molecule has 0 fully saturated rings. The minimum Gasteiger partial charge on any atom is -0.273 e. The highest BCUT2D eigenvalue weighted by Crippen LogP contribution is 2.28. The lowest BCUT2D eigenvalue weighted by Gasteiger charge is -2.05. The van der Waals surface area contributed by atoms with Crippen molar-refractivity contribution in [3.8, 4) is 0 Å². The number of halogens is 3. The standard InChI is InChI=1S/C16H13F3N2O/c17-16(18,19)14-8-6-13(7-9-14)11-20-21-15(22)10-12-4-2-1-3-5-12/h1-9,11H,10H2,(H,21,22)/b20-11-. The van der Waals surface area contributed by atoms with E-state index in [0.717, 1.165) is 17.7 Å². The molecule has 0 aromatic heterocycles. The molecule has 0 spiro atoms. The van der Waals surface area contributed by atoms with E-state index in [0.29, 0.717) is 5.56 Å². The molecule has 3 nitrogen and oxygen atoms in total. The predicted octanol–water partition coefficient (Wildman–Crippen LogP) is 3.40. The summed E-state index contributed by atoms with van der Waals surface area (Å²) >= 11 is 0. The summed E-state index contributed by atoms with van der Waals surface area (Å²) in [5.41, 5.74) is 2.93. The fraction of sp³-hybridized carbons (Fsp3) is 0.125. The third-order valence-electron chi connectivity index (χ3n) is 2.85. The maximum absolute atomic E-state index is 12.4. The molecule has 0 saturated carbocycles. The van der Waals surface area contributed by atoms with Gasteiger partial charge in [-0.2, -0.15) is 18.3 Å². The van der Waals surface area contributed by atoms with Crippen molar-refractivity contribution >= 4 is 12.1 Å². The largest absolute Gasteiger partial charge is 0.416 e. The zero-order valence-corrected chi connectivity index (χ0v) is 11.5. The zero-order chi connectivity index (χ0) is 16.0. The highest BCUT2D eigenvalue weighted by Gasteiger charge is 2.29. The van der Waals surface area contributed by atoms with Gasteiger partial charge in [0, 0.05) is 0 Å². The number of hydrogen-bond acceptors (Lipinski definition) is 2. The van der Waals surface area contributed by atoms with Crippen LogP contribution in [0.4, 0.5) is 13.2 Å². The molecule has 2 aromatic rings. The number of nitrogens with one attached hydrogen (secondary N) is 1. The molecule has 0 atom stereocenters.